The first-order chi connectivity index (χ1) is 13.8. The number of rotatable bonds is 10. The molecule has 7 nitrogen and oxygen atoms in total. The Kier molecular flexibility index (Phi) is 9.20. The first-order valence-electron chi connectivity index (χ1n) is 10.1. The third kappa shape index (κ3) is 6.84. The number of benzene rings is 1. The zero-order valence-electron chi connectivity index (χ0n) is 17.3. The molecule has 1 saturated heterocycles. The van der Waals surface area contributed by atoms with Crippen molar-refractivity contribution in [3.05, 3.63) is 23.2 Å². The molecule has 0 aliphatic carbocycles. The topological polar surface area (TPSA) is 84.9 Å². The van der Waals surface area contributed by atoms with Crippen LogP contribution < -0.4 is 10.1 Å². The zero-order valence-corrected chi connectivity index (χ0v) is 18.9. The van der Waals surface area contributed by atoms with Crippen molar-refractivity contribution in [3.63, 3.8) is 0 Å². The van der Waals surface area contributed by atoms with Gasteiger partial charge in [-0.3, -0.25) is 4.79 Å². The van der Waals surface area contributed by atoms with E-state index in [1.54, 1.807) is 19.1 Å². The van der Waals surface area contributed by atoms with Gasteiger partial charge in [0.25, 0.3) is 0 Å². The minimum atomic E-state index is -3.82. The van der Waals surface area contributed by atoms with Gasteiger partial charge in [0, 0.05) is 31.3 Å². The SMILES string of the molecule is CCOc1ccc(Cl)cc1S(=O)(=O)N1CCC[C@@H](C(=O)NCCCOC(C)C)C1. The molecule has 1 atom stereocenters. The van der Waals surface area contributed by atoms with E-state index in [9.17, 15) is 13.2 Å². The Labute approximate surface area is 178 Å². The Bertz CT molecular complexity index is 785. The first-order valence-corrected chi connectivity index (χ1v) is 11.9. The molecular formula is C20H31ClN2O5S. The van der Waals surface area contributed by atoms with Gasteiger partial charge in [0.05, 0.1) is 18.6 Å². The van der Waals surface area contributed by atoms with Crippen LogP contribution in [-0.4, -0.2) is 57.6 Å². The number of sulfonamides is 1. The minimum Gasteiger partial charge on any atom is -0.492 e. The third-order valence-corrected chi connectivity index (χ3v) is 6.77. The lowest BCUT2D eigenvalue weighted by Gasteiger charge is -2.31. The van der Waals surface area contributed by atoms with Crippen molar-refractivity contribution in [2.75, 3.05) is 32.8 Å². The zero-order chi connectivity index (χ0) is 21.4. The molecule has 29 heavy (non-hydrogen) atoms. The number of nitrogens with one attached hydrogen (secondary N) is 1. The Morgan fingerprint density at radius 2 is 2.14 bits per heavy atom. The quantitative estimate of drug-likeness (QED) is 0.558. The maximum atomic E-state index is 13.2. The first kappa shape index (κ1) is 23.9. The van der Waals surface area contributed by atoms with Crippen LogP contribution in [0.2, 0.25) is 5.02 Å². The Morgan fingerprint density at radius 3 is 2.83 bits per heavy atom. The van der Waals surface area contributed by atoms with Crippen molar-refractivity contribution in [2.45, 2.75) is 51.0 Å². The molecule has 0 aromatic heterocycles. The van der Waals surface area contributed by atoms with Crippen LogP contribution in [0.5, 0.6) is 5.75 Å². The van der Waals surface area contributed by atoms with E-state index in [1.165, 1.54) is 10.4 Å². The molecule has 1 aromatic rings. The molecule has 9 heteroatoms. The summed E-state index contributed by atoms with van der Waals surface area (Å²) in [7, 11) is -3.82. The fourth-order valence-electron chi connectivity index (χ4n) is 3.22. The Balaban J connectivity index is 2.02. The highest BCUT2D eigenvalue weighted by Gasteiger charge is 2.35. The van der Waals surface area contributed by atoms with Gasteiger partial charge in [0.15, 0.2) is 0 Å². The summed E-state index contributed by atoms with van der Waals surface area (Å²) in [4.78, 5) is 12.5. The van der Waals surface area contributed by atoms with E-state index in [1.807, 2.05) is 13.8 Å². The van der Waals surface area contributed by atoms with Gasteiger partial charge in [0.2, 0.25) is 15.9 Å². The van der Waals surface area contributed by atoms with Gasteiger partial charge in [-0.05, 0) is 58.2 Å². The van der Waals surface area contributed by atoms with E-state index in [-0.39, 0.29) is 35.1 Å². The number of piperidine rings is 1. The molecule has 1 aromatic carbocycles. The van der Waals surface area contributed by atoms with Gasteiger partial charge in [-0.15, -0.1) is 0 Å². The molecular weight excluding hydrogens is 416 g/mol. The Morgan fingerprint density at radius 1 is 1.38 bits per heavy atom. The van der Waals surface area contributed by atoms with Crippen molar-refractivity contribution >= 4 is 27.5 Å². The maximum Gasteiger partial charge on any atom is 0.246 e. The lowest BCUT2D eigenvalue weighted by molar-refractivity contribution is -0.126. The second kappa shape index (κ2) is 11.2. The highest BCUT2D eigenvalue weighted by molar-refractivity contribution is 7.89. The molecule has 1 amide bonds. The van der Waals surface area contributed by atoms with Crippen molar-refractivity contribution in [1.82, 2.24) is 9.62 Å². The molecule has 164 valence electrons. The molecule has 1 N–H and O–H groups in total. The van der Waals surface area contributed by atoms with Gasteiger partial charge in [-0.25, -0.2) is 8.42 Å². The number of carbonyl (C=O) groups excluding carboxylic acids is 1. The molecule has 1 fully saturated rings. The summed E-state index contributed by atoms with van der Waals surface area (Å²) in [5, 5.41) is 3.21. The normalized spacial score (nSPS) is 18.0. The Hall–Kier alpha value is -1.35. The van der Waals surface area contributed by atoms with Crippen molar-refractivity contribution < 1.29 is 22.7 Å². The van der Waals surface area contributed by atoms with Crippen LogP contribution in [0.3, 0.4) is 0 Å². The minimum absolute atomic E-state index is 0.0405. The van der Waals surface area contributed by atoms with Crippen molar-refractivity contribution in [1.29, 1.82) is 0 Å². The summed E-state index contributed by atoms with van der Waals surface area (Å²) >= 11 is 6.03. The lowest BCUT2D eigenvalue weighted by Crippen LogP contribution is -2.45. The highest BCUT2D eigenvalue weighted by Crippen LogP contribution is 2.32. The summed E-state index contributed by atoms with van der Waals surface area (Å²) in [6.07, 6.45) is 2.17. The molecule has 0 bridgehead atoms. The molecule has 0 radical (unpaired) electrons. The van der Waals surface area contributed by atoms with E-state index >= 15 is 0 Å². The third-order valence-electron chi connectivity index (χ3n) is 4.65. The van der Waals surface area contributed by atoms with Crippen LogP contribution in [0.25, 0.3) is 0 Å². The van der Waals surface area contributed by atoms with Gasteiger partial charge in [0.1, 0.15) is 10.6 Å². The number of hydrogen-bond donors (Lipinski definition) is 1. The molecule has 0 spiro atoms. The predicted molar refractivity (Wildman–Crippen MR) is 113 cm³/mol. The van der Waals surface area contributed by atoms with Crippen molar-refractivity contribution in [3.8, 4) is 5.75 Å². The van der Waals surface area contributed by atoms with Gasteiger partial charge in [-0.2, -0.15) is 4.31 Å². The van der Waals surface area contributed by atoms with Gasteiger partial charge < -0.3 is 14.8 Å². The largest absolute Gasteiger partial charge is 0.492 e. The second-order valence-electron chi connectivity index (χ2n) is 7.29. The predicted octanol–water partition coefficient (Wildman–Crippen LogP) is 3.07. The summed E-state index contributed by atoms with van der Waals surface area (Å²) in [6.45, 7) is 7.67. The van der Waals surface area contributed by atoms with E-state index < -0.39 is 10.0 Å². The summed E-state index contributed by atoms with van der Waals surface area (Å²) in [5.74, 6) is -0.224. The molecule has 1 aliphatic heterocycles. The number of ether oxygens (including phenoxy) is 2. The lowest BCUT2D eigenvalue weighted by atomic mass is 9.99. The van der Waals surface area contributed by atoms with E-state index in [4.69, 9.17) is 21.1 Å². The molecule has 1 heterocycles. The highest BCUT2D eigenvalue weighted by atomic mass is 35.5. The average molecular weight is 447 g/mol. The summed E-state index contributed by atoms with van der Waals surface area (Å²) in [6, 6.07) is 4.56. The van der Waals surface area contributed by atoms with E-state index in [0.29, 0.717) is 44.2 Å². The average Bonchev–Trinajstić information content (AvgIpc) is 2.69. The summed E-state index contributed by atoms with van der Waals surface area (Å²) in [5.41, 5.74) is 0. The summed E-state index contributed by atoms with van der Waals surface area (Å²) < 4.78 is 38.7. The van der Waals surface area contributed by atoms with Gasteiger partial charge >= 0.3 is 0 Å². The molecule has 0 unspecified atom stereocenters. The number of hydrogen-bond acceptors (Lipinski definition) is 5. The number of amides is 1. The molecule has 2 rings (SSSR count). The molecule has 0 saturated carbocycles. The monoisotopic (exact) mass is 446 g/mol. The van der Waals surface area contributed by atoms with Crippen LogP contribution >= 0.6 is 11.6 Å². The fraction of sp³-hybridized carbons (Fsp3) is 0.650. The van der Waals surface area contributed by atoms with E-state index in [2.05, 4.69) is 5.32 Å². The number of carbonyl (C=O) groups is 1. The van der Waals surface area contributed by atoms with Crippen LogP contribution in [0, 0.1) is 5.92 Å². The van der Waals surface area contributed by atoms with Crippen molar-refractivity contribution in [2.24, 2.45) is 5.92 Å². The number of nitrogens with zero attached hydrogens (tertiary/aromatic N) is 1. The maximum absolute atomic E-state index is 13.2. The number of halogens is 1. The van der Waals surface area contributed by atoms with Crippen LogP contribution in [0.4, 0.5) is 0 Å². The fourth-order valence-corrected chi connectivity index (χ4v) is 5.14. The second-order valence-corrected chi connectivity index (χ2v) is 9.63. The van der Waals surface area contributed by atoms with E-state index in [0.717, 1.165) is 6.42 Å². The van der Waals surface area contributed by atoms with Crippen LogP contribution in [-0.2, 0) is 19.6 Å². The standard InChI is InChI=1S/C20H31ClN2O5S/c1-4-27-18-9-8-17(21)13-19(18)29(25,26)23-11-5-7-16(14-23)20(24)22-10-6-12-28-15(2)3/h8-9,13,15-16H,4-7,10-12,14H2,1-3H3,(H,22,24)/t16-/m1/s1. The molecule has 1 aliphatic rings. The van der Waals surface area contributed by atoms with Crippen LogP contribution in [0.1, 0.15) is 40.0 Å². The van der Waals surface area contributed by atoms with Crippen LogP contribution in [0.15, 0.2) is 23.1 Å². The smallest absolute Gasteiger partial charge is 0.246 e. The van der Waals surface area contributed by atoms with Gasteiger partial charge in [-0.1, -0.05) is 11.6 Å².